The van der Waals surface area contributed by atoms with Crippen molar-refractivity contribution < 1.29 is 15.0 Å². The third kappa shape index (κ3) is 2.69. The first-order valence-corrected chi connectivity index (χ1v) is 6.49. The molecule has 2 rings (SSSR count). The van der Waals surface area contributed by atoms with Gasteiger partial charge in [0.1, 0.15) is 5.60 Å². The average molecular weight is 265 g/mol. The maximum absolute atomic E-state index is 12.0. The van der Waals surface area contributed by atoms with E-state index < -0.39 is 12.2 Å². The molecule has 0 bridgehead atoms. The second-order valence-electron chi connectivity index (χ2n) is 4.48. The molecule has 2 aromatic rings. The lowest BCUT2D eigenvalue weighted by molar-refractivity contribution is 0.00322. The Kier molecular flexibility index (Phi) is 3.65. The lowest BCUT2D eigenvalue weighted by atomic mass is 10.1. The van der Waals surface area contributed by atoms with Crippen LogP contribution >= 0.6 is 11.3 Å². The average Bonchev–Trinajstić information content (AvgIpc) is 2.80. The van der Waals surface area contributed by atoms with E-state index in [-0.39, 0.29) is 12.5 Å². The summed E-state index contributed by atoms with van der Waals surface area (Å²) in [4.78, 5) is 12.0. The smallest absolute Gasteiger partial charge is 0.252 e. The number of benzene rings is 1. The van der Waals surface area contributed by atoms with Crippen LogP contribution in [0.3, 0.4) is 0 Å². The number of amides is 1. The second kappa shape index (κ2) is 5.06. The normalized spacial score (nSPS) is 14.4. The van der Waals surface area contributed by atoms with Crippen LogP contribution in [-0.4, -0.2) is 34.9 Å². The largest absolute Gasteiger partial charge is 0.393 e. The molecule has 1 unspecified atom stereocenters. The van der Waals surface area contributed by atoms with E-state index in [9.17, 15) is 9.90 Å². The van der Waals surface area contributed by atoms with E-state index in [0.29, 0.717) is 5.56 Å². The molecule has 1 amide bonds. The number of aliphatic hydroxyl groups is 2. The van der Waals surface area contributed by atoms with Gasteiger partial charge in [-0.2, -0.15) is 0 Å². The van der Waals surface area contributed by atoms with E-state index in [4.69, 9.17) is 5.11 Å². The van der Waals surface area contributed by atoms with Gasteiger partial charge >= 0.3 is 0 Å². The summed E-state index contributed by atoms with van der Waals surface area (Å²) < 4.78 is 1.05. The van der Waals surface area contributed by atoms with Crippen LogP contribution in [0.1, 0.15) is 17.3 Å². The Morgan fingerprint density at radius 3 is 2.89 bits per heavy atom. The molecular weight excluding hydrogens is 250 g/mol. The highest BCUT2D eigenvalue weighted by molar-refractivity contribution is 7.17. The first kappa shape index (κ1) is 13.0. The summed E-state index contributed by atoms with van der Waals surface area (Å²) in [5.41, 5.74) is -0.689. The standard InChI is InChI=1S/C13H15NO3S/c1-13(17,8-15)7-14-12(16)10-6-18-11-5-3-2-4-9(10)11/h2-6,15,17H,7-8H2,1H3,(H,14,16). The van der Waals surface area contributed by atoms with Gasteiger partial charge in [-0.15, -0.1) is 11.3 Å². The molecule has 0 fully saturated rings. The summed E-state index contributed by atoms with van der Waals surface area (Å²) in [7, 11) is 0. The summed E-state index contributed by atoms with van der Waals surface area (Å²) >= 11 is 1.51. The third-order valence-electron chi connectivity index (χ3n) is 2.70. The Labute approximate surface area is 109 Å². The maximum atomic E-state index is 12.0. The van der Waals surface area contributed by atoms with Gasteiger partial charge in [0.15, 0.2) is 0 Å². The zero-order valence-electron chi connectivity index (χ0n) is 10.0. The Balaban J connectivity index is 2.14. The molecule has 0 saturated heterocycles. The van der Waals surface area contributed by atoms with Crippen LogP contribution in [0.4, 0.5) is 0 Å². The first-order chi connectivity index (χ1) is 8.53. The predicted octanol–water partition coefficient (Wildman–Crippen LogP) is 1.37. The van der Waals surface area contributed by atoms with Crippen molar-refractivity contribution in [3.63, 3.8) is 0 Å². The van der Waals surface area contributed by atoms with Gasteiger partial charge in [-0.25, -0.2) is 0 Å². The highest BCUT2D eigenvalue weighted by atomic mass is 32.1. The van der Waals surface area contributed by atoms with Crippen molar-refractivity contribution in [2.24, 2.45) is 0 Å². The summed E-state index contributed by atoms with van der Waals surface area (Å²) in [5, 5.41) is 23.9. The van der Waals surface area contributed by atoms with E-state index >= 15 is 0 Å². The molecule has 0 saturated carbocycles. The first-order valence-electron chi connectivity index (χ1n) is 5.61. The molecule has 1 aromatic carbocycles. The molecule has 0 aliphatic carbocycles. The van der Waals surface area contributed by atoms with Gasteiger partial charge in [-0.05, 0) is 13.0 Å². The van der Waals surface area contributed by atoms with Gasteiger partial charge in [0, 0.05) is 22.0 Å². The zero-order chi connectivity index (χ0) is 13.2. The van der Waals surface area contributed by atoms with Crippen LogP contribution in [-0.2, 0) is 0 Å². The Morgan fingerprint density at radius 1 is 1.44 bits per heavy atom. The van der Waals surface area contributed by atoms with Crippen molar-refractivity contribution >= 4 is 27.3 Å². The number of nitrogens with one attached hydrogen (secondary N) is 1. The van der Waals surface area contributed by atoms with Crippen molar-refractivity contribution in [1.29, 1.82) is 0 Å². The maximum Gasteiger partial charge on any atom is 0.252 e. The topological polar surface area (TPSA) is 69.6 Å². The van der Waals surface area contributed by atoms with E-state index in [0.717, 1.165) is 10.1 Å². The van der Waals surface area contributed by atoms with Gasteiger partial charge in [-0.1, -0.05) is 18.2 Å². The quantitative estimate of drug-likeness (QED) is 0.782. The Bertz CT molecular complexity index is 562. The number of carbonyl (C=O) groups is 1. The SMILES string of the molecule is CC(O)(CO)CNC(=O)c1csc2ccccc12. The van der Waals surface area contributed by atoms with Gasteiger partial charge in [0.2, 0.25) is 0 Å². The van der Waals surface area contributed by atoms with Crippen molar-refractivity contribution in [1.82, 2.24) is 5.32 Å². The van der Waals surface area contributed by atoms with E-state index in [1.54, 1.807) is 5.38 Å². The molecule has 96 valence electrons. The molecule has 0 radical (unpaired) electrons. The number of aliphatic hydroxyl groups excluding tert-OH is 1. The van der Waals surface area contributed by atoms with Crippen LogP contribution in [0.25, 0.3) is 10.1 Å². The number of hydrogen-bond acceptors (Lipinski definition) is 4. The summed E-state index contributed by atoms with van der Waals surface area (Å²) in [5.74, 6) is -0.235. The minimum atomic E-state index is -1.29. The van der Waals surface area contributed by atoms with Gasteiger partial charge < -0.3 is 15.5 Å². The van der Waals surface area contributed by atoms with Gasteiger partial charge in [0.05, 0.1) is 12.2 Å². The molecule has 4 nitrogen and oxygen atoms in total. The Hall–Kier alpha value is -1.43. The summed E-state index contributed by atoms with van der Waals surface area (Å²) in [6, 6.07) is 7.67. The fraction of sp³-hybridized carbons (Fsp3) is 0.308. The number of fused-ring (bicyclic) bond motifs is 1. The number of hydrogen-bond donors (Lipinski definition) is 3. The number of thiophene rings is 1. The second-order valence-corrected chi connectivity index (χ2v) is 5.39. The van der Waals surface area contributed by atoms with Crippen LogP contribution < -0.4 is 5.32 Å². The fourth-order valence-corrected chi connectivity index (χ4v) is 2.52. The van der Waals surface area contributed by atoms with Crippen molar-refractivity contribution in [3.05, 3.63) is 35.2 Å². The molecule has 0 aliphatic heterocycles. The van der Waals surface area contributed by atoms with Crippen LogP contribution in [0.15, 0.2) is 29.6 Å². The molecule has 1 heterocycles. The zero-order valence-corrected chi connectivity index (χ0v) is 10.8. The van der Waals surface area contributed by atoms with Crippen molar-refractivity contribution in [2.75, 3.05) is 13.2 Å². The van der Waals surface area contributed by atoms with E-state index in [1.807, 2.05) is 24.3 Å². The van der Waals surface area contributed by atoms with Crippen molar-refractivity contribution in [2.45, 2.75) is 12.5 Å². The Morgan fingerprint density at radius 2 is 2.17 bits per heavy atom. The lowest BCUT2D eigenvalue weighted by Gasteiger charge is -2.20. The third-order valence-corrected chi connectivity index (χ3v) is 3.66. The number of rotatable bonds is 4. The monoisotopic (exact) mass is 265 g/mol. The predicted molar refractivity (Wildman–Crippen MR) is 71.9 cm³/mol. The van der Waals surface area contributed by atoms with Gasteiger partial charge in [0.25, 0.3) is 5.91 Å². The van der Waals surface area contributed by atoms with Crippen LogP contribution in [0.5, 0.6) is 0 Å². The minimum absolute atomic E-state index is 0.0203. The number of carbonyl (C=O) groups excluding carboxylic acids is 1. The van der Waals surface area contributed by atoms with Crippen molar-refractivity contribution in [3.8, 4) is 0 Å². The molecule has 18 heavy (non-hydrogen) atoms. The van der Waals surface area contributed by atoms with Gasteiger partial charge in [-0.3, -0.25) is 4.79 Å². The fourth-order valence-electron chi connectivity index (χ4n) is 1.58. The molecule has 1 aromatic heterocycles. The van der Waals surface area contributed by atoms with Crippen LogP contribution in [0.2, 0.25) is 0 Å². The van der Waals surface area contributed by atoms with Crippen LogP contribution in [0, 0.1) is 0 Å². The molecular formula is C13H15NO3S. The lowest BCUT2D eigenvalue weighted by Crippen LogP contribution is -2.43. The molecule has 3 N–H and O–H groups in total. The molecule has 0 spiro atoms. The summed E-state index contributed by atoms with van der Waals surface area (Å²) in [6.07, 6.45) is 0. The summed E-state index contributed by atoms with van der Waals surface area (Å²) in [6.45, 7) is 1.10. The highest BCUT2D eigenvalue weighted by Gasteiger charge is 2.21. The van der Waals surface area contributed by atoms with E-state index in [2.05, 4.69) is 5.32 Å². The molecule has 0 aliphatic rings. The minimum Gasteiger partial charge on any atom is -0.393 e. The highest BCUT2D eigenvalue weighted by Crippen LogP contribution is 2.25. The molecule has 5 heteroatoms. The van der Waals surface area contributed by atoms with E-state index in [1.165, 1.54) is 18.3 Å². The molecule has 1 atom stereocenters.